The molecule has 6 heteroatoms. The third-order valence-electron chi connectivity index (χ3n) is 4.19. The molecule has 0 saturated carbocycles. The summed E-state index contributed by atoms with van der Waals surface area (Å²) in [5.41, 5.74) is 3.70. The van der Waals surface area contributed by atoms with Crippen molar-refractivity contribution in [3.63, 3.8) is 0 Å². The Morgan fingerprint density at radius 3 is 2.81 bits per heavy atom. The normalized spacial score (nSPS) is 11.1. The quantitative estimate of drug-likeness (QED) is 0.588. The maximum atomic E-state index is 13.3. The van der Waals surface area contributed by atoms with Crippen molar-refractivity contribution in [1.29, 1.82) is 0 Å². The van der Waals surface area contributed by atoms with Crippen LogP contribution >= 0.6 is 11.6 Å². The fraction of sp³-hybridized carbons (Fsp3) is 0.300. The summed E-state index contributed by atoms with van der Waals surface area (Å²) >= 11 is 6.16. The third kappa shape index (κ3) is 4.05. The molecule has 1 heterocycles. The van der Waals surface area contributed by atoms with Crippen LogP contribution in [0, 0.1) is 12.7 Å². The van der Waals surface area contributed by atoms with Crippen LogP contribution in [0.2, 0.25) is 5.02 Å². The van der Waals surface area contributed by atoms with Crippen LogP contribution in [-0.4, -0.2) is 22.4 Å². The number of carbonyl (C=O) groups is 1. The van der Waals surface area contributed by atoms with Gasteiger partial charge < -0.3 is 4.74 Å². The van der Waals surface area contributed by atoms with Crippen LogP contribution in [0.25, 0.3) is 10.9 Å². The smallest absolute Gasteiger partial charge is 0.306 e. The third-order valence-corrected chi connectivity index (χ3v) is 4.54. The molecule has 3 rings (SSSR count). The van der Waals surface area contributed by atoms with E-state index in [1.165, 1.54) is 12.1 Å². The first kappa shape index (κ1) is 18.4. The fourth-order valence-electron chi connectivity index (χ4n) is 2.92. The van der Waals surface area contributed by atoms with Crippen LogP contribution in [0.3, 0.4) is 0 Å². The minimum atomic E-state index is -0.366. The number of esters is 1. The molecule has 0 radical (unpaired) electrons. The van der Waals surface area contributed by atoms with Gasteiger partial charge in [-0.2, -0.15) is 5.10 Å². The van der Waals surface area contributed by atoms with Gasteiger partial charge in [0.25, 0.3) is 0 Å². The molecule has 0 atom stereocenters. The summed E-state index contributed by atoms with van der Waals surface area (Å²) in [5.74, 6) is -0.598. The zero-order chi connectivity index (χ0) is 18.7. The monoisotopic (exact) mass is 374 g/mol. The van der Waals surface area contributed by atoms with Gasteiger partial charge in [0.15, 0.2) is 0 Å². The molecule has 0 amide bonds. The highest BCUT2D eigenvalue weighted by atomic mass is 35.5. The molecular weight excluding hydrogens is 355 g/mol. The maximum Gasteiger partial charge on any atom is 0.306 e. The van der Waals surface area contributed by atoms with Crippen molar-refractivity contribution in [3.8, 4) is 0 Å². The minimum Gasteiger partial charge on any atom is -0.466 e. The van der Waals surface area contributed by atoms with E-state index in [-0.39, 0.29) is 18.2 Å². The van der Waals surface area contributed by atoms with Crippen LogP contribution in [-0.2, 0) is 22.5 Å². The van der Waals surface area contributed by atoms with Gasteiger partial charge in [0.2, 0.25) is 0 Å². The number of carbonyl (C=O) groups excluding carboxylic acids is 1. The SMILES string of the molecule is CCOC(=O)CCc1nn(Cc2ccc(F)cc2Cl)c2cc(C)ccc12. The van der Waals surface area contributed by atoms with Gasteiger partial charge in [-0.1, -0.05) is 29.8 Å². The van der Waals surface area contributed by atoms with Crippen molar-refractivity contribution >= 4 is 28.5 Å². The molecule has 0 unspecified atom stereocenters. The molecule has 3 aromatic rings. The molecule has 4 nitrogen and oxygen atoms in total. The van der Waals surface area contributed by atoms with Gasteiger partial charge in [-0.25, -0.2) is 4.39 Å². The Bertz CT molecular complexity index is 952. The van der Waals surface area contributed by atoms with Gasteiger partial charge in [-0.3, -0.25) is 9.48 Å². The molecule has 0 aliphatic rings. The molecule has 136 valence electrons. The van der Waals surface area contributed by atoms with E-state index < -0.39 is 0 Å². The average molecular weight is 375 g/mol. The van der Waals surface area contributed by atoms with Gasteiger partial charge >= 0.3 is 5.97 Å². The molecule has 0 spiro atoms. The molecule has 26 heavy (non-hydrogen) atoms. The second-order valence-corrected chi connectivity index (χ2v) is 6.57. The summed E-state index contributed by atoms with van der Waals surface area (Å²) in [6.07, 6.45) is 0.785. The van der Waals surface area contributed by atoms with Crippen molar-refractivity contribution in [3.05, 3.63) is 64.1 Å². The van der Waals surface area contributed by atoms with Crippen LogP contribution in [0.4, 0.5) is 4.39 Å². The lowest BCUT2D eigenvalue weighted by Gasteiger charge is -2.06. The van der Waals surface area contributed by atoms with Crippen LogP contribution in [0.5, 0.6) is 0 Å². The second kappa shape index (κ2) is 7.87. The molecule has 0 bridgehead atoms. The van der Waals surface area contributed by atoms with Gasteiger partial charge in [0.1, 0.15) is 5.82 Å². The Hall–Kier alpha value is -2.40. The summed E-state index contributed by atoms with van der Waals surface area (Å²) < 4.78 is 20.1. The van der Waals surface area contributed by atoms with Gasteiger partial charge in [-0.05, 0) is 43.2 Å². The summed E-state index contributed by atoms with van der Waals surface area (Å²) in [6, 6.07) is 10.4. The fourth-order valence-corrected chi connectivity index (χ4v) is 3.15. The lowest BCUT2D eigenvalue weighted by molar-refractivity contribution is -0.143. The minimum absolute atomic E-state index is 0.233. The van der Waals surface area contributed by atoms with Crippen LogP contribution in [0.15, 0.2) is 36.4 Å². The molecule has 0 N–H and O–H groups in total. The summed E-state index contributed by atoms with van der Waals surface area (Å²) in [7, 11) is 0. The zero-order valence-electron chi connectivity index (χ0n) is 14.8. The maximum absolute atomic E-state index is 13.3. The number of aryl methyl sites for hydroxylation is 2. The van der Waals surface area contributed by atoms with Gasteiger partial charge in [0, 0.05) is 16.8 Å². The topological polar surface area (TPSA) is 44.1 Å². The molecule has 0 fully saturated rings. The summed E-state index contributed by atoms with van der Waals surface area (Å²) in [5, 5.41) is 6.05. The van der Waals surface area contributed by atoms with E-state index in [1.807, 2.05) is 29.8 Å². The van der Waals surface area contributed by atoms with Crippen molar-refractivity contribution in [2.75, 3.05) is 6.61 Å². The van der Waals surface area contributed by atoms with Crippen molar-refractivity contribution in [1.82, 2.24) is 9.78 Å². The Morgan fingerprint density at radius 2 is 2.08 bits per heavy atom. The summed E-state index contributed by atoms with van der Waals surface area (Å²) in [4.78, 5) is 11.7. The van der Waals surface area contributed by atoms with E-state index >= 15 is 0 Å². The van der Waals surface area contributed by atoms with E-state index in [4.69, 9.17) is 16.3 Å². The van der Waals surface area contributed by atoms with E-state index in [0.717, 1.165) is 27.7 Å². The van der Waals surface area contributed by atoms with Crippen molar-refractivity contribution in [2.45, 2.75) is 33.2 Å². The number of fused-ring (bicyclic) bond motifs is 1. The summed E-state index contributed by atoms with van der Waals surface area (Å²) in [6.45, 7) is 4.60. The van der Waals surface area contributed by atoms with Crippen molar-refractivity contribution in [2.24, 2.45) is 0 Å². The number of benzene rings is 2. The predicted molar refractivity (Wildman–Crippen MR) is 99.9 cm³/mol. The van der Waals surface area contributed by atoms with E-state index in [1.54, 1.807) is 13.0 Å². The molecule has 0 aliphatic carbocycles. The Labute approximate surface area is 156 Å². The first-order chi connectivity index (χ1) is 12.5. The zero-order valence-corrected chi connectivity index (χ0v) is 15.5. The highest BCUT2D eigenvalue weighted by Gasteiger charge is 2.14. The first-order valence-corrected chi connectivity index (χ1v) is 8.91. The van der Waals surface area contributed by atoms with Gasteiger partial charge in [0.05, 0.1) is 30.8 Å². The van der Waals surface area contributed by atoms with Crippen LogP contribution in [0.1, 0.15) is 30.2 Å². The standard InChI is InChI=1S/C20H20ClFN2O2/c1-3-26-20(25)9-8-18-16-7-4-13(2)10-19(16)24(23-18)12-14-5-6-15(22)11-17(14)21/h4-7,10-11H,3,8-9,12H2,1-2H3. The highest BCUT2D eigenvalue weighted by molar-refractivity contribution is 6.31. The second-order valence-electron chi connectivity index (χ2n) is 6.17. The Morgan fingerprint density at radius 1 is 1.27 bits per heavy atom. The predicted octanol–water partition coefficient (Wildman–Crippen LogP) is 4.68. The molecule has 1 aromatic heterocycles. The lowest BCUT2D eigenvalue weighted by Crippen LogP contribution is -2.06. The van der Waals surface area contributed by atoms with Gasteiger partial charge in [-0.15, -0.1) is 0 Å². The lowest BCUT2D eigenvalue weighted by atomic mass is 10.1. The number of hydrogen-bond donors (Lipinski definition) is 0. The molecule has 2 aromatic carbocycles. The van der Waals surface area contributed by atoms with Crippen LogP contribution < -0.4 is 0 Å². The van der Waals surface area contributed by atoms with Crippen molar-refractivity contribution < 1.29 is 13.9 Å². The van der Waals surface area contributed by atoms with E-state index in [0.29, 0.717) is 24.6 Å². The molecule has 0 aliphatic heterocycles. The van der Waals surface area contributed by atoms with E-state index in [9.17, 15) is 9.18 Å². The number of nitrogens with zero attached hydrogens (tertiary/aromatic N) is 2. The Kier molecular flexibility index (Phi) is 5.57. The molecule has 0 saturated heterocycles. The molecular formula is C20H20ClFN2O2. The number of aromatic nitrogens is 2. The number of hydrogen-bond acceptors (Lipinski definition) is 3. The largest absolute Gasteiger partial charge is 0.466 e. The number of rotatable bonds is 6. The number of ether oxygens (including phenoxy) is 1. The average Bonchev–Trinajstić information content (AvgIpc) is 2.93. The highest BCUT2D eigenvalue weighted by Crippen LogP contribution is 2.24. The first-order valence-electron chi connectivity index (χ1n) is 8.53. The number of halogens is 2. The Balaban J connectivity index is 1.94. The van der Waals surface area contributed by atoms with E-state index in [2.05, 4.69) is 5.10 Å².